The maximum atomic E-state index is 13.4. The molecular formula is C29H23FN4O5. The molecule has 2 aromatic carbocycles. The van der Waals surface area contributed by atoms with Crippen LogP contribution in [0.3, 0.4) is 0 Å². The minimum absolute atomic E-state index is 0.0360. The molecule has 9 nitrogen and oxygen atoms in total. The zero-order valence-corrected chi connectivity index (χ0v) is 21.3. The summed E-state index contributed by atoms with van der Waals surface area (Å²) in [4.78, 5) is 39.0. The third kappa shape index (κ3) is 5.17. The lowest BCUT2D eigenvalue weighted by Crippen LogP contribution is -2.29. The molecule has 0 atom stereocenters. The van der Waals surface area contributed by atoms with E-state index in [9.17, 15) is 14.0 Å². The molecule has 0 spiro atoms. The predicted molar refractivity (Wildman–Crippen MR) is 142 cm³/mol. The molecule has 0 aliphatic heterocycles. The number of nitrogens with zero attached hydrogens (tertiary/aromatic N) is 4. The van der Waals surface area contributed by atoms with Crippen molar-refractivity contribution in [1.29, 1.82) is 0 Å². The van der Waals surface area contributed by atoms with Crippen LogP contribution in [0.1, 0.15) is 21.7 Å². The van der Waals surface area contributed by atoms with Crippen molar-refractivity contribution in [3.8, 4) is 28.8 Å². The molecule has 0 saturated heterocycles. The molecule has 10 heteroatoms. The summed E-state index contributed by atoms with van der Waals surface area (Å²) in [6.45, 7) is 1.69. The fourth-order valence-electron chi connectivity index (χ4n) is 4.10. The second kappa shape index (κ2) is 10.7. The first-order valence-electron chi connectivity index (χ1n) is 11.9. The number of carbonyl (C=O) groups excluding carboxylic acids is 1. The van der Waals surface area contributed by atoms with Crippen LogP contribution in [-0.4, -0.2) is 39.5 Å². The molecule has 0 unspecified atom stereocenters. The molecule has 0 N–H and O–H groups in total. The Bertz CT molecular complexity index is 1730. The molecule has 0 radical (unpaired) electrons. The highest BCUT2D eigenvalue weighted by molar-refractivity contribution is 5.95. The van der Waals surface area contributed by atoms with E-state index in [2.05, 4.69) is 15.0 Å². The van der Waals surface area contributed by atoms with Crippen molar-refractivity contribution in [2.45, 2.75) is 13.3 Å². The quantitative estimate of drug-likeness (QED) is 0.264. The van der Waals surface area contributed by atoms with Gasteiger partial charge in [-0.25, -0.2) is 14.4 Å². The van der Waals surface area contributed by atoms with Gasteiger partial charge in [0.05, 0.1) is 19.7 Å². The zero-order chi connectivity index (χ0) is 27.5. The Balaban J connectivity index is 1.36. The molecule has 196 valence electrons. The van der Waals surface area contributed by atoms with Crippen LogP contribution in [0.4, 0.5) is 4.39 Å². The first-order valence-corrected chi connectivity index (χ1v) is 11.9. The van der Waals surface area contributed by atoms with Crippen LogP contribution < -0.4 is 19.8 Å². The summed E-state index contributed by atoms with van der Waals surface area (Å²) in [5.41, 5.74) is 1.97. The summed E-state index contributed by atoms with van der Waals surface area (Å²) in [7, 11) is 3.02. The monoisotopic (exact) mass is 526 g/mol. The van der Waals surface area contributed by atoms with Gasteiger partial charge in [-0.15, -0.1) is 0 Å². The van der Waals surface area contributed by atoms with Crippen LogP contribution in [0.2, 0.25) is 0 Å². The number of halogens is 1. The number of aromatic nitrogens is 4. The van der Waals surface area contributed by atoms with Crippen molar-refractivity contribution >= 4 is 16.8 Å². The number of rotatable bonds is 8. The van der Waals surface area contributed by atoms with E-state index in [1.54, 1.807) is 49.5 Å². The lowest BCUT2D eigenvalue weighted by Gasteiger charge is -2.12. The van der Waals surface area contributed by atoms with Crippen molar-refractivity contribution in [1.82, 2.24) is 19.5 Å². The molecule has 0 aliphatic rings. The number of pyridine rings is 2. The summed E-state index contributed by atoms with van der Waals surface area (Å²) in [5, 5.41) is 0. The highest BCUT2D eigenvalue weighted by Gasteiger charge is 2.18. The Labute approximate surface area is 222 Å². The lowest BCUT2D eigenvalue weighted by atomic mass is 10.1. The summed E-state index contributed by atoms with van der Waals surface area (Å²) in [6, 6.07) is 15.8. The van der Waals surface area contributed by atoms with Gasteiger partial charge in [-0.05, 0) is 48.9 Å². The van der Waals surface area contributed by atoms with Crippen LogP contribution in [0.15, 0.2) is 77.9 Å². The SMILES string of the molecule is COc1cc2nccc(Oc3ccc(CC(=O)c4ncc(C)n(-c5ccc(F)cc5)c4=O)cc3)c2nc1OC. The smallest absolute Gasteiger partial charge is 0.284 e. The predicted octanol–water partition coefficient (Wildman–Crippen LogP) is 4.86. The number of Topliss-reactive ketones (excluding diaryl/α,β-unsaturated/α-hetero) is 1. The highest BCUT2D eigenvalue weighted by Crippen LogP contribution is 2.33. The van der Waals surface area contributed by atoms with Crippen LogP contribution in [-0.2, 0) is 6.42 Å². The molecule has 5 aromatic rings. The van der Waals surface area contributed by atoms with E-state index < -0.39 is 17.2 Å². The molecule has 0 fully saturated rings. The van der Waals surface area contributed by atoms with E-state index >= 15 is 0 Å². The number of aryl methyl sites for hydroxylation is 1. The Morgan fingerprint density at radius 2 is 1.69 bits per heavy atom. The van der Waals surface area contributed by atoms with Crippen molar-refractivity contribution in [2.24, 2.45) is 0 Å². The van der Waals surface area contributed by atoms with Crippen molar-refractivity contribution in [2.75, 3.05) is 14.2 Å². The van der Waals surface area contributed by atoms with E-state index in [-0.39, 0.29) is 12.1 Å². The van der Waals surface area contributed by atoms with Gasteiger partial charge in [0, 0.05) is 42.3 Å². The largest absolute Gasteiger partial charge is 0.491 e. The van der Waals surface area contributed by atoms with Crippen LogP contribution in [0.5, 0.6) is 23.1 Å². The Kier molecular flexibility index (Phi) is 7.00. The van der Waals surface area contributed by atoms with E-state index in [0.29, 0.717) is 51.1 Å². The standard InChI is InChI=1S/C29H23FN4O5/c1-17-16-32-27(29(36)34(17)20-8-6-19(30)7-9-20)23(35)14-18-4-10-21(11-5-18)39-24-12-13-31-22-15-25(37-2)28(38-3)33-26(22)24/h4-13,15-16H,14H2,1-3H3. The topological polar surface area (TPSA) is 105 Å². The average molecular weight is 527 g/mol. The van der Waals surface area contributed by atoms with E-state index in [4.69, 9.17) is 14.2 Å². The molecular weight excluding hydrogens is 503 g/mol. The fraction of sp³-hybridized carbons (Fsp3) is 0.138. The molecule has 0 aliphatic carbocycles. The molecule has 39 heavy (non-hydrogen) atoms. The third-order valence-electron chi connectivity index (χ3n) is 6.02. The van der Waals surface area contributed by atoms with Crippen LogP contribution in [0.25, 0.3) is 16.7 Å². The second-order valence-corrected chi connectivity index (χ2v) is 8.59. The Morgan fingerprint density at radius 1 is 0.949 bits per heavy atom. The first kappa shape index (κ1) is 25.5. The number of methoxy groups -OCH3 is 2. The van der Waals surface area contributed by atoms with Gasteiger partial charge in [-0.2, -0.15) is 0 Å². The molecule has 0 saturated carbocycles. The Morgan fingerprint density at radius 3 is 2.38 bits per heavy atom. The normalized spacial score (nSPS) is 10.9. The number of hydrogen-bond donors (Lipinski definition) is 0. The third-order valence-corrected chi connectivity index (χ3v) is 6.02. The molecule has 0 bridgehead atoms. The van der Waals surface area contributed by atoms with Gasteiger partial charge in [0.15, 0.2) is 23.0 Å². The molecule has 0 amide bonds. The maximum Gasteiger partial charge on any atom is 0.284 e. The second-order valence-electron chi connectivity index (χ2n) is 8.59. The van der Waals surface area contributed by atoms with Crippen molar-refractivity contribution < 1.29 is 23.4 Å². The number of fused-ring (bicyclic) bond motifs is 1. The average Bonchev–Trinajstić information content (AvgIpc) is 2.94. The summed E-state index contributed by atoms with van der Waals surface area (Å²) in [5.74, 6) is 0.888. The van der Waals surface area contributed by atoms with E-state index in [1.165, 1.54) is 49.2 Å². The van der Waals surface area contributed by atoms with Crippen molar-refractivity contribution in [3.05, 3.63) is 106 Å². The Hall–Kier alpha value is -5.12. The maximum absolute atomic E-state index is 13.4. The van der Waals surface area contributed by atoms with Gasteiger partial charge in [-0.1, -0.05) is 12.1 Å². The fourth-order valence-corrected chi connectivity index (χ4v) is 4.10. The first-order chi connectivity index (χ1) is 18.9. The zero-order valence-electron chi connectivity index (χ0n) is 21.3. The van der Waals surface area contributed by atoms with Gasteiger partial charge in [0.1, 0.15) is 17.1 Å². The summed E-state index contributed by atoms with van der Waals surface area (Å²) < 4.78 is 31.3. The van der Waals surface area contributed by atoms with Gasteiger partial charge < -0.3 is 14.2 Å². The number of hydrogen-bond acceptors (Lipinski definition) is 8. The van der Waals surface area contributed by atoms with Gasteiger partial charge in [-0.3, -0.25) is 19.1 Å². The number of benzene rings is 2. The highest BCUT2D eigenvalue weighted by atomic mass is 19.1. The van der Waals surface area contributed by atoms with E-state index in [0.717, 1.165) is 0 Å². The van der Waals surface area contributed by atoms with Gasteiger partial charge >= 0.3 is 0 Å². The molecule has 3 heterocycles. The lowest BCUT2D eigenvalue weighted by molar-refractivity contribution is 0.0986. The summed E-state index contributed by atoms with van der Waals surface area (Å²) >= 11 is 0. The van der Waals surface area contributed by atoms with E-state index in [1.807, 2.05) is 0 Å². The summed E-state index contributed by atoms with van der Waals surface area (Å²) in [6.07, 6.45) is 3.02. The van der Waals surface area contributed by atoms with Gasteiger partial charge in [0.25, 0.3) is 11.4 Å². The number of carbonyl (C=O) groups is 1. The van der Waals surface area contributed by atoms with Crippen LogP contribution in [0, 0.1) is 12.7 Å². The minimum Gasteiger partial charge on any atom is -0.491 e. The number of ether oxygens (including phenoxy) is 3. The number of ketones is 1. The van der Waals surface area contributed by atoms with Gasteiger partial charge in [0.2, 0.25) is 0 Å². The molecule has 3 aromatic heterocycles. The minimum atomic E-state index is -0.560. The van der Waals surface area contributed by atoms with Crippen LogP contribution >= 0.6 is 0 Å². The van der Waals surface area contributed by atoms with Crippen molar-refractivity contribution in [3.63, 3.8) is 0 Å². The molecule has 5 rings (SSSR count).